The minimum Gasteiger partial charge on any atom is -0.380 e. The largest absolute Gasteiger partial charge is 0.380 e. The normalized spacial score (nSPS) is 24.9. The first kappa shape index (κ1) is 14.4. The summed E-state index contributed by atoms with van der Waals surface area (Å²) in [6.07, 6.45) is 4.36. The Morgan fingerprint density at radius 2 is 2.10 bits per heavy atom. The maximum Gasteiger partial charge on any atom is 0.224 e. The number of carbonyl (C=O) groups is 1. The van der Waals surface area contributed by atoms with Crippen LogP contribution in [-0.2, 0) is 4.79 Å². The van der Waals surface area contributed by atoms with Crippen LogP contribution >= 0.6 is 0 Å². The Kier molecular flexibility index (Phi) is 4.15. The molecule has 2 heterocycles. The molecular formula is C17H25N3O. The molecule has 1 amide bonds. The van der Waals surface area contributed by atoms with E-state index in [1.54, 1.807) is 0 Å². The summed E-state index contributed by atoms with van der Waals surface area (Å²) in [4.78, 5) is 14.2. The van der Waals surface area contributed by atoms with Gasteiger partial charge >= 0.3 is 0 Å². The molecule has 114 valence electrons. The van der Waals surface area contributed by atoms with E-state index in [-0.39, 0.29) is 5.91 Å². The zero-order chi connectivity index (χ0) is 14.8. The van der Waals surface area contributed by atoms with Gasteiger partial charge in [-0.1, -0.05) is 13.0 Å². The average molecular weight is 287 g/mol. The maximum atomic E-state index is 11.6. The Morgan fingerprint density at radius 1 is 1.29 bits per heavy atom. The van der Waals surface area contributed by atoms with Crippen molar-refractivity contribution in [3.63, 3.8) is 0 Å². The second-order valence-electron chi connectivity index (χ2n) is 6.16. The lowest BCUT2D eigenvalue weighted by Gasteiger charge is -2.24. The number of amides is 1. The minimum atomic E-state index is 0.0677. The Balaban J connectivity index is 1.73. The average Bonchev–Trinajstić information content (AvgIpc) is 3.08. The first-order chi connectivity index (χ1) is 10.2. The number of nitrogens with one attached hydrogen (secondary N) is 2. The van der Waals surface area contributed by atoms with E-state index < -0.39 is 0 Å². The van der Waals surface area contributed by atoms with Gasteiger partial charge in [-0.05, 0) is 50.4 Å². The summed E-state index contributed by atoms with van der Waals surface area (Å²) in [6.45, 7) is 6.43. The monoisotopic (exact) mass is 287 g/mol. The van der Waals surface area contributed by atoms with Gasteiger partial charge in [-0.15, -0.1) is 0 Å². The van der Waals surface area contributed by atoms with Crippen LogP contribution in [0.1, 0.15) is 38.2 Å². The van der Waals surface area contributed by atoms with Gasteiger partial charge in [0.25, 0.3) is 0 Å². The lowest BCUT2D eigenvalue weighted by Crippen LogP contribution is -2.34. The first-order valence-corrected chi connectivity index (χ1v) is 8.09. The van der Waals surface area contributed by atoms with Gasteiger partial charge in [-0.3, -0.25) is 9.69 Å². The highest BCUT2D eigenvalue weighted by Crippen LogP contribution is 2.32. The third-order valence-electron chi connectivity index (χ3n) is 4.88. The standard InChI is InChI=1S/C17H25N3O/c1-3-17(21)19-14-7-4-6-13(12(14)2)18-15-9-11-20-10-5-8-16(15)20/h4,6-7,15-16,18H,3,5,8-11H2,1-2H3,(H,19,21). The molecule has 2 aliphatic heterocycles. The third kappa shape index (κ3) is 2.91. The summed E-state index contributed by atoms with van der Waals surface area (Å²) in [7, 11) is 0. The molecule has 2 N–H and O–H groups in total. The van der Waals surface area contributed by atoms with Gasteiger partial charge in [-0.25, -0.2) is 0 Å². The molecular weight excluding hydrogens is 262 g/mol. The van der Waals surface area contributed by atoms with E-state index in [1.165, 1.54) is 32.4 Å². The van der Waals surface area contributed by atoms with Crippen molar-refractivity contribution in [1.82, 2.24) is 4.90 Å². The molecule has 0 spiro atoms. The maximum absolute atomic E-state index is 11.6. The molecule has 0 aliphatic carbocycles. The number of hydrogen-bond acceptors (Lipinski definition) is 3. The van der Waals surface area contributed by atoms with Crippen LogP contribution < -0.4 is 10.6 Å². The number of anilines is 2. The van der Waals surface area contributed by atoms with Crippen LogP contribution in [0.2, 0.25) is 0 Å². The van der Waals surface area contributed by atoms with Gasteiger partial charge in [0, 0.05) is 36.4 Å². The second kappa shape index (κ2) is 6.06. The van der Waals surface area contributed by atoms with Crippen molar-refractivity contribution in [2.75, 3.05) is 23.7 Å². The summed E-state index contributed by atoms with van der Waals surface area (Å²) in [5.41, 5.74) is 3.21. The fourth-order valence-corrected chi connectivity index (χ4v) is 3.62. The van der Waals surface area contributed by atoms with Crippen LogP contribution in [0, 0.1) is 6.92 Å². The molecule has 3 rings (SSSR count). The quantitative estimate of drug-likeness (QED) is 0.895. The zero-order valence-electron chi connectivity index (χ0n) is 13.0. The van der Waals surface area contributed by atoms with E-state index >= 15 is 0 Å². The summed E-state index contributed by atoms with van der Waals surface area (Å²) >= 11 is 0. The molecule has 0 radical (unpaired) electrons. The lowest BCUT2D eigenvalue weighted by molar-refractivity contribution is -0.115. The van der Waals surface area contributed by atoms with Crippen molar-refractivity contribution in [3.05, 3.63) is 23.8 Å². The molecule has 2 aliphatic rings. The Bertz CT molecular complexity index is 529. The Morgan fingerprint density at radius 3 is 2.90 bits per heavy atom. The molecule has 2 atom stereocenters. The van der Waals surface area contributed by atoms with Gasteiger partial charge in [0.05, 0.1) is 0 Å². The number of benzene rings is 1. The summed E-state index contributed by atoms with van der Waals surface area (Å²) < 4.78 is 0. The summed E-state index contributed by atoms with van der Waals surface area (Å²) in [5, 5.41) is 6.70. The van der Waals surface area contributed by atoms with Gasteiger partial charge in [-0.2, -0.15) is 0 Å². The molecule has 1 aromatic rings. The molecule has 0 aromatic heterocycles. The topological polar surface area (TPSA) is 44.4 Å². The van der Waals surface area contributed by atoms with Crippen LogP contribution in [0.4, 0.5) is 11.4 Å². The minimum absolute atomic E-state index is 0.0677. The van der Waals surface area contributed by atoms with Crippen LogP contribution in [0.15, 0.2) is 18.2 Å². The van der Waals surface area contributed by atoms with Gasteiger partial charge in [0.2, 0.25) is 5.91 Å². The van der Waals surface area contributed by atoms with E-state index in [2.05, 4.69) is 28.5 Å². The predicted octanol–water partition coefficient (Wildman–Crippen LogP) is 2.99. The molecule has 4 heteroatoms. The predicted molar refractivity (Wildman–Crippen MR) is 86.7 cm³/mol. The van der Waals surface area contributed by atoms with E-state index in [0.717, 1.165) is 16.9 Å². The second-order valence-corrected chi connectivity index (χ2v) is 6.16. The highest BCUT2D eigenvalue weighted by molar-refractivity contribution is 5.92. The van der Waals surface area contributed by atoms with E-state index in [0.29, 0.717) is 18.5 Å². The number of carbonyl (C=O) groups excluding carboxylic acids is 1. The third-order valence-corrected chi connectivity index (χ3v) is 4.88. The Hall–Kier alpha value is -1.55. The SMILES string of the molecule is CCC(=O)Nc1cccc(NC2CCN3CCCC23)c1C. The fourth-order valence-electron chi connectivity index (χ4n) is 3.62. The zero-order valence-corrected chi connectivity index (χ0v) is 13.0. The van der Waals surface area contributed by atoms with Crippen LogP contribution in [0.25, 0.3) is 0 Å². The van der Waals surface area contributed by atoms with E-state index in [4.69, 9.17) is 0 Å². The van der Waals surface area contributed by atoms with Gasteiger partial charge < -0.3 is 10.6 Å². The molecule has 1 aromatic carbocycles. The molecule has 0 bridgehead atoms. The lowest BCUT2D eigenvalue weighted by atomic mass is 10.0. The van der Waals surface area contributed by atoms with Crippen LogP contribution in [0.3, 0.4) is 0 Å². The van der Waals surface area contributed by atoms with Crippen LogP contribution in [-0.4, -0.2) is 36.0 Å². The molecule has 2 saturated heterocycles. The van der Waals surface area contributed by atoms with Crippen molar-refractivity contribution >= 4 is 17.3 Å². The number of rotatable bonds is 4. The first-order valence-electron chi connectivity index (χ1n) is 8.09. The molecule has 0 saturated carbocycles. The summed E-state index contributed by atoms with van der Waals surface area (Å²) in [6, 6.07) is 7.35. The molecule has 2 unspecified atom stereocenters. The van der Waals surface area contributed by atoms with Gasteiger partial charge in [0.15, 0.2) is 0 Å². The highest BCUT2D eigenvalue weighted by Gasteiger charge is 2.37. The highest BCUT2D eigenvalue weighted by atomic mass is 16.1. The fraction of sp³-hybridized carbons (Fsp3) is 0.588. The van der Waals surface area contributed by atoms with Gasteiger partial charge in [0.1, 0.15) is 0 Å². The Labute approximate surface area is 126 Å². The van der Waals surface area contributed by atoms with Crippen molar-refractivity contribution in [2.45, 2.75) is 51.6 Å². The van der Waals surface area contributed by atoms with Crippen molar-refractivity contribution in [1.29, 1.82) is 0 Å². The number of nitrogens with zero attached hydrogens (tertiary/aromatic N) is 1. The molecule has 21 heavy (non-hydrogen) atoms. The van der Waals surface area contributed by atoms with Crippen molar-refractivity contribution in [3.8, 4) is 0 Å². The molecule has 4 nitrogen and oxygen atoms in total. The smallest absolute Gasteiger partial charge is 0.224 e. The van der Waals surface area contributed by atoms with Crippen molar-refractivity contribution < 1.29 is 4.79 Å². The number of fused-ring (bicyclic) bond motifs is 1. The van der Waals surface area contributed by atoms with Crippen LogP contribution in [0.5, 0.6) is 0 Å². The molecule has 2 fully saturated rings. The van der Waals surface area contributed by atoms with E-state index in [1.807, 2.05) is 19.1 Å². The van der Waals surface area contributed by atoms with E-state index in [9.17, 15) is 4.79 Å². The number of hydrogen-bond donors (Lipinski definition) is 2. The van der Waals surface area contributed by atoms with Crippen molar-refractivity contribution in [2.24, 2.45) is 0 Å². The summed E-state index contributed by atoms with van der Waals surface area (Å²) in [5.74, 6) is 0.0677.